The van der Waals surface area contributed by atoms with E-state index in [1.165, 1.54) is 10.6 Å². The Morgan fingerprint density at radius 2 is 1.54 bits per heavy atom. The van der Waals surface area contributed by atoms with Crippen molar-refractivity contribution in [2.45, 2.75) is 24.8 Å². The number of sulfonamides is 1. The average molecular weight is 372 g/mol. The molecule has 1 saturated carbocycles. The Labute approximate surface area is 155 Å². The number of amides is 1. The minimum atomic E-state index is -3.24. The molecule has 0 atom stereocenters. The molecule has 6 heteroatoms. The average Bonchev–Trinajstić information content (AvgIpc) is 3.44. The van der Waals surface area contributed by atoms with Crippen molar-refractivity contribution in [2.75, 3.05) is 19.3 Å². The summed E-state index contributed by atoms with van der Waals surface area (Å²) < 4.78 is 25.3. The molecule has 0 aliphatic heterocycles. The molecule has 1 amide bonds. The van der Waals surface area contributed by atoms with Crippen molar-refractivity contribution in [1.82, 2.24) is 9.62 Å². The van der Waals surface area contributed by atoms with Crippen LogP contribution in [0.25, 0.3) is 0 Å². The molecule has 2 aromatic carbocycles. The number of nitrogens with zero attached hydrogens (tertiary/aromatic N) is 1. The summed E-state index contributed by atoms with van der Waals surface area (Å²) >= 11 is 0. The molecule has 0 spiro atoms. The van der Waals surface area contributed by atoms with Gasteiger partial charge in [-0.15, -0.1) is 0 Å². The van der Waals surface area contributed by atoms with E-state index in [1.54, 1.807) is 0 Å². The predicted octanol–water partition coefficient (Wildman–Crippen LogP) is 2.36. The number of hydrogen-bond donors (Lipinski definition) is 1. The Hall–Kier alpha value is -2.18. The molecule has 1 aliphatic carbocycles. The molecule has 0 heterocycles. The fraction of sp³-hybridized carbons (Fsp3) is 0.350. The molecule has 0 aromatic heterocycles. The van der Waals surface area contributed by atoms with Crippen molar-refractivity contribution in [3.8, 4) is 0 Å². The highest BCUT2D eigenvalue weighted by atomic mass is 32.2. The molecule has 0 radical (unpaired) electrons. The van der Waals surface area contributed by atoms with Crippen LogP contribution in [0.15, 0.2) is 60.7 Å². The van der Waals surface area contributed by atoms with E-state index < -0.39 is 15.9 Å². The first-order valence-electron chi connectivity index (χ1n) is 8.81. The first-order chi connectivity index (χ1) is 12.5. The van der Waals surface area contributed by atoms with Crippen LogP contribution in [0.4, 0.5) is 0 Å². The first kappa shape index (κ1) is 18.6. The monoisotopic (exact) mass is 372 g/mol. The smallest absolute Gasteiger partial charge is 0.232 e. The van der Waals surface area contributed by atoms with Gasteiger partial charge in [-0.05, 0) is 24.0 Å². The Morgan fingerprint density at radius 1 is 1.04 bits per heavy atom. The third kappa shape index (κ3) is 4.71. The lowest BCUT2D eigenvalue weighted by molar-refractivity contribution is -0.121. The molecule has 1 fully saturated rings. The molecular weight excluding hydrogens is 348 g/mol. The Bertz CT molecular complexity index is 794. The number of benzene rings is 2. The summed E-state index contributed by atoms with van der Waals surface area (Å²) in [6.07, 6.45) is 3.03. The van der Waals surface area contributed by atoms with E-state index in [1.807, 2.05) is 60.7 Å². The molecule has 0 saturated heterocycles. The van der Waals surface area contributed by atoms with E-state index in [2.05, 4.69) is 5.32 Å². The van der Waals surface area contributed by atoms with Gasteiger partial charge in [-0.2, -0.15) is 4.31 Å². The normalized spacial score (nSPS) is 14.6. The molecule has 138 valence electrons. The van der Waals surface area contributed by atoms with Crippen LogP contribution in [-0.2, 0) is 14.8 Å². The van der Waals surface area contributed by atoms with Crippen LogP contribution in [0.3, 0.4) is 0 Å². The summed E-state index contributed by atoms with van der Waals surface area (Å²) in [5.74, 6) is -0.531. The molecule has 26 heavy (non-hydrogen) atoms. The number of rotatable bonds is 8. The highest BCUT2D eigenvalue weighted by Crippen LogP contribution is 2.28. The van der Waals surface area contributed by atoms with Gasteiger partial charge in [0.1, 0.15) is 0 Å². The molecular formula is C20H24N2O3S. The van der Waals surface area contributed by atoms with Gasteiger partial charge in [0, 0.05) is 19.1 Å². The standard InChI is InChI=1S/C20H24N2O3S/c1-26(24,25)22(18-12-13-18)15-14-21-20(23)19(16-8-4-2-5-9-16)17-10-6-3-7-11-17/h2-11,18-19H,12-15H2,1H3,(H,21,23). The fourth-order valence-corrected chi connectivity index (χ4v) is 4.33. The van der Waals surface area contributed by atoms with Crippen molar-refractivity contribution in [3.63, 3.8) is 0 Å². The van der Waals surface area contributed by atoms with E-state index in [-0.39, 0.29) is 11.9 Å². The van der Waals surface area contributed by atoms with Crippen LogP contribution < -0.4 is 5.32 Å². The van der Waals surface area contributed by atoms with Crippen LogP contribution >= 0.6 is 0 Å². The molecule has 3 rings (SSSR count). The van der Waals surface area contributed by atoms with Gasteiger partial charge in [0.25, 0.3) is 0 Å². The number of carbonyl (C=O) groups excluding carboxylic acids is 1. The van der Waals surface area contributed by atoms with Crippen LogP contribution in [0.1, 0.15) is 29.9 Å². The lowest BCUT2D eigenvalue weighted by atomic mass is 9.90. The Morgan fingerprint density at radius 3 is 1.96 bits per heavy atom. The van der Waals surface area contributed by atoms with Crippen LogP contribution in [0.2, 0.25) is 0 Å². The highest BCUT2D eigenvalue weighted by Gasteiger charge is 2.34. The molecule has 1 aliphatic rings. The molecule has 0 unspecified atom stereocenters. The van der Waals surface area contributed by atoms with Crippen LogP contribution in [-0.4, -0.2) is 44.0 Å². The maximum atomic E-state index is 12.9. The third-order valence-corrected chi connectivity index (χ3v) is 5.87. The number of nitrogens with one attached hydrogen (secondary N) is 1. The van der Waals surface area contributed by atoms with Crippen LogP contribution in [0.5, 0.6) is 0 Å². The Kier molecular flexibility index (Phi) is 5.74. The summed E-state index contributed by atoms with van der Waals surface area (Å²) in [7, 11) is -3.24. The second-order valence-electron chi connectivity index (χ2n) is 6.65. The van der Waals surface area contributed by atoms with Gasteiger partial charge in [0.05, 0.1) is 12.2 Å². The summed E-state index contributed by atoms with van der Waals surface area (Å²) in [4.78, 5) is 12.9. The SMILES string of the molecule is CS(=O)(=O)N(CCNC(=O)C(c1ccccc1)c1ccccc1)C1CC1. The first-order valence-corrected chi connectivity index (χ1v) is 10.7. The summed E-state index contributed by atoms with van der Waals surface area (Å²) in [5, 5.41) is 2.92. The maximum absolute atomic E-state index is 12.9. The van der Waals surface area contributed by atoms with E-state index >= 15 is 0 Å². The lowest BCUT2D eigenvalue weighted by Gasteiger charge is -2.21. The highest BCUT2D eigenvalue weighted by molar-refractivity contribution is 7.88. The van der Waals surface area contributed by atoms with Gasteiger partial charge in [0.15, 0.2) is 0 Å². The second kappa shape index (κ2) is 8.01. The van der Waals surface area contributed by atoms with Crippen molar-refractivity contribution < 1.29 is 13.2 Å². The largest absolute Gasteiger partial charge is 0.354 e. The van der Waals surface area contributed by atoms with E-state index in [9.17, 15) is 13.2 Å². The minimum absolute atomic E-state index is 0.0981. The Balaban J connectivity index is 1.70. The topological polar surface area (TPSA) is 66.5 Å². The predicted molar refractivity (Wildman–Crippen MR) is 102 cm³/mol. The minimum Gasteiger partial charge on any atom is -0.354 e. The zero-order chi connectivity index (χ0) is 18.6. The van der Waals surface area contributed by atoms with Gasteiger partial charge >= 0.3 is 0 Å². The molecule has 5 nitrogen and oxygen atoms in total. The van der Waals surface area contributed by atoms with E-state index in [0.717, 1.165) is 24.0 Å². The third-order valence-electron chi connectivity index (χ3n) is 4.54. The fourth-order valence-electron chi connectivity index (χ4n) is 3.16. The number of hydrogen-bond acceptors (Lipinski definition) is 3. The van der Waals surface area contributed by atoms with Gasteiger partial charge in [-0.25, -0.2) is 8.42 Å². The van der Waals surface area contributed by atoms with Crippen molar-refractivity contribution in [1.29, 1.82) is 0 Å². The molecule has 0 bridgehead atoms. The summed E-state index contributed by atoms with van der Waals surface area (Å²) in [6.45, 7) is 0.615. The van der Waals surface area contributed by atoms with Crippen LogP contribution in [0, 0.1) is 0 Å². The summed E-state index contributed by atoms with van der Waals surface area (Å²) in [6, 6.07) is 19.3. The van der Waals surface area contributed by atoms with Crippen molar-refractivity contribution in [3.05, 3.63) is 71.8 Å². The second-order valence-corrected chi connectivity index (χ2v) is 8.59. The van der Waals surface area contributed by atoms with E-state index in [4.69, 9.17) is 0 Å². The quantitative estimate of drug-likeness (QED) is 0.774. The van der Waals surface area contributed by atoms with Gasteiger partial charge in [0.2, 0.25) is 15.9 Å². The maximum Gasteiger partial charge on any atom is 0.232 e. The molecule has 1 N–H and O–H groups in total. The van der Waals surface area contributed by atoms with Crippen molar-refractivity contribution >= 4 is 15.9 Å². The van der Waals surface area contributed by atoms with Gasteiger partial charge in [-0.3, -0.25) is 4.79 Å². The van der Waals surface area contributed by atoms with Crippen molar-refractivity contribution in [2.24, 2.45) is 0 Å². The molecule has 2 aromatic rings. The van der Waals surface area contributed by atoms with Gasteiger partial charge in [-0.1, -0.05) is 60.7 Å². The van der Waals surface area contributed by atoms with E-state index in [0.29, 0.717) is 13.1 Å². The number of carbonyl (C=O) groups is 1. The zero-order valence-electron chi connectivity index (χ0n) is 14.8. The lowest BCUT2D eigenvalue weighted by Crippen LogP contribution is -2.40. The van der Waals surface area contributed by atoms with Gasteiger partial charge < -0.3 is 5.32 Å². The zero-order valence-corrected chi connectivity index (χ0v) is 15.7. The summed E-state index contributed by atoms with van der Waals surface area (Å²) in [5.41, 5.74) is 1.83.